The van der Waals surface area contributed by atoms with Crippen molar-refractivity contribution in [3.63, 3.8) is 0 Å². The van der Waals surface area contributed by atoms with Gasteiger partial charge in [-0.25, -0.2) is 0 Å². The second-order valence-corrected chi connectivity index (χ2v) is 18.8. The molecule has 67 heavy (non-hydrogen) atoms. The Morgan fingerprint density at radius 1 is 0.299 bits per heavy atom. The van der Waals surface area contributed by atoms with Crippen molar-refractivity contribution in [3.05, 3.63) is 72.9 Å². The molecular formula is C61H106O6. The quantitative estimate of drug-likeness (QED) is 0.0262. The summed E-state index contributed by atoms with van der Waals surface area (Å²) in [5.41, 5.74) is 0. The molecular weight excluding hydrogens is 829 g/mol. The van der Waals surface area contributed by atoms with Crippen molar-refractivity contribution >= 4 is 17.9 Å². The highest BCUT2D eigenvalue weighted by Crippen LogP contribution is 2.14. The highest BCUT2D eigenvalue weighted by atomic mass is 16.6. The molecule has 0 aromatic heterocycles. The highest BCUT2D eigenvalue weighted by molar-refractivity contribution is 5.71. The van der Waals surface area contributed by atoms with Crippen LogP contribution < -0.4 is 0 Å². The Bertz CT molecular complexity index is 1260. The molecule has 0 bridgehead atoms. The summed E-state index contributed by atoms with van der Waals surface area (Å²) in [6, 6.07) is 0. The summed E-state index contributed by atoms with van der Waals surface area (Å²) in [4.78, 5) is 38.1. The number of allylic oxidation sites excluding steroid dienone is 12. The van der Waals surface area contributed by atoms with Crippen LogP contribution in [0.3, 0.4) is 0 Å². The minimum atomic E-state index is -0.792. The van der Waals surface area contributed by atoms with Gasteiger partial charge >= 0.3 is 17.9 Å². The predicted molar refractivity (Wildman–Crippen MR) is 288 cm³/mol. The SMILES string of the molecule is CCCC/C=C\C/C=C\CCCCCCCC(=O)OC(COC(=O)CCCCCCC/C=C\CCCCCCC)COC(=O)CCCCCCCC/C=C\C/C=C\C/C=C\CCCCCCC. The molecule has 0 N–H and O–H groups in total. The molecule has 0 aromatic carbocycles. The van der Waals surface area contributed by atoms with E-state index in [1.54, 1.807) is 0 Å². The Morgan fingerprint density at radius 2 is 0.552 bits per heavy atom. The number of carbonyl (C=O) groups excluding carboxylic acids is 3. The molecule has 0 saturated heterocycles. The summed E-state index contributed by atoms with van der Waals surface area (Å²) in [5, 5.41) is 0. The second kappa shape index (κ2) is 55.4. The molecule has 0 aliphatic rings. The van der Waals surface area contributed by atoms with Crippen LogP contribution in [0.1, 0.15) is 278 Å². The van der Waals surface area contributed by atoms with Gasteiger partial charge in [0.25, 0.3) is 0 Å². The first-order valence-corrected chi connectivity index (χ1v) is 28.4. The zero-order chi connectivity index (χ0) is 48.6. The molecule has 1 atom stereocenters. The first-order valence-electron chi connectivity index (χ1n) is 28.4. The van der Waals surface area contributed by atoms with E-state index in [0.29, 0.717) is 19.3 Å². The lowest BCUT2D eigenvalue weighted by Gasteiger charge is -2.18. The van der Waals surface area contributed by atoms with Crippen molar-refractivity contribution in [2.24, 2.45) is 0 Å². The summed E-state index contributed by atoms with van der Waals surface area (Å²) in [6.45, 7) is 6.56. The maximum absolute atomic E-state index is 12.8. The van der Waals surface area contributed by atoms with Crippen molar-refractivity contribution in [3.8, 4) is 0 Å². The minimum Gasteiger partial charge on any atom is -0.462 e. The number of hydrogen-bond acceptors (Lipinski definition) is 6. The number of rotatable bonds is 51. The van der Waals surface area contributed by atoms with Gasteiger partial charge in [-0.05, 0) is 109 Å². The summed E-state index contributed by atoms with van der Waals surface area (Å²) < 4.78 is 16.8. The number of ether oxygens (including phenoxy) is 3. The van der Waals surface area contributed by atoms with Gasteiger partial charge in [-0.1, -0.05) is 222 Å². The average molecular weight is 936 g/mol. The van der Waals surface area contributed by atoms with Crippen molar-refractivity contribution in [2.75, 3.05) is 13.2 Å². The lowest BCUT2D eigenvalue weighted by Crippen LogP contribution is -2.30. The van der Waals surface area contributed by atoms with Crippen LogP contribution in [0, 0.1) is 0 Å². The van der Waals surface area contributed by atoms with Gasteiger partial charge in [-0.15, -0.1) is 0 Å². The first-order chi connectivity index (χ1) is 33.0. The molecule has 0 aromatic rings. The van der Waals surface area contributed by atoms with Crippen LogP contribution in [-0.4, -0.2) is 37.2 Å². The van der Waals surface area contributed by atoms with E-state index in [0.717, 1.165) is 109 Å². The van der Waals surface area contributed by atoms with E-state index in [2.05, 4.69) is 93.7 Å². The van der Waals surface area contributed by atoms with Gasteiger partial charge in [-0.2, -0.15) is 0 Å². The molecule has 0 heterocycles. The van der Waals surface area contributed by atoms with Gasteiger partial charge in [0, 0.05) is 19.3 Å². The van der Waals surface area contributed by atoms with Crippen LogP contribution in [-0.2, 0) is 28.6 Å². The molecule has 0 rings (SSSR count). The summed E-state index contributed by atoms with van der Waals surface area (Å²) in [5.74, 6) is -0.919. The smallest absolute Gasteiger partial charge is 0.306 e. The van der Waals surface area contributed by atoms with Crippen molar-refractivity contribution in [1.82, 2.24) is 0 Å². The van der Waals surface area contributed by atoms with Gasteiger partial charge in [0.05, 0.1) is 0 Å². The number of carbonyl (C=O) groups is 3. The van der Waals surface area contributed by atoms with Crippen molar-refractivity contribution < 1.29 is 28.6 Å². The maximum atomic E-state index is 12.8. The fourth-order valence-corrected chi connectivity index (χ4v) is 7.81. The fourth-order valence-electron chi connectivity index (χ4n) is 7.81. The first kappa shape index (κ1) is 63.8. The average Bonchev–Trinajstić information content (AvgIpc) is 3.33. The monoisotopic (exact) mass is 935 g/mol. The lowest BCUT2D eigenvalue weighted by molar-refractivity contribution is -0.167. The topological polar surface area (TPSA) is 78.9 Å². The third-order valence-corrected chi connectivity index (χ3v) is 12.2. The maximum Gasteiger partial charge on any atom is 0.306 e. The summed E-state index contributed by atoms with van der Waals surface area (Å²) in [7, 11) is 0. The Kier molecular flexibility index (Phi) is 52.8. The van der Waals surface area contributed by atoms with Gasteiger partial charge in [-0.3, -0.25) is 14.4 Å². The molecule has 0 aliphatic heterocycles. The van der Waals surface area contributed by atoms with E-state index in [1.807, 2.05) is 0 Å². The fraction of sp³-hybridized carbons (Fsp3) is 0.754. The predicted octanol–water partition coefficient (Wildman–Crippen LogP) is 19.0. The summed E-state index contributed by atoms with van der Waals surface area (Å²) in [6.07, 6.45) is 70.3. The molecule has 1 unspecified atom stereocenters. The van der Waals surface area contributed by atoms with Crippen LogP contribution >= 0.6 is 0 Å². The normalized spacial score (nSPS) is 12.6. The van der Waals surface area contributed by atoms with Crippen LogP contribution in [0.5, 0.6) is 0 Å². The number of esters is 3. The van der Waals surface area contributed by atoms with E-state index in [9.17, 15) is 14.4 Å². The van der Waals surface area contributed by atoms with Gasteiger partial charge in [0.1, 0.15) is 13.2 Å². The molecule has 0 saturated carbocycles. The molecule has 6 heteroatoms. The number of hydrogen-bond donors (Lipinski definition) is 0. The van der Waals surface area contributed by atoms with E-state index >= 15 is 0 Å². The lowest BCUT2D eigenvalue weighted by atomic mass is 10.1. The molecule has 386 valence electrons. The van der Waals surface area contributed by atoms with Crippen LogP contribution in [0.4, 0.5) is 0 Å². The molecule has 0 fully saturated rings. The highest BCUT2D eigenvalue weighted by Gasteiger charge is 2.19. The minimum absolute atomic E-state index is 0.0896. The summed E-state index contributed by atoms with van der Waals surface area (Å²) >= 11 is 0. The largest absolute Gasteiger partial charge is 0.462 e. The Morgan fingerprint density at radius 3 is 0.896 bits per heavy atom. The van der Waals surface area contributed by atoms with Crippen LogP contribution in [0.25, 0.3) is 0 Å². The van der Waals surface area contributed by atoms with E-state index in [-0.39, 0.29) is 31.1 Å². The zero-order valence-electron chi connectivity index (χ0n) is 44.2. The molecule has 0 spiro atoms. The second-order valence-electron chi connectivity index (χ2n) is 18.8. The third kappa shape index (κ3) is 53.7. The van der Waals surface area contributed by atoms with Crippen LogP contribution in [0.2, 0.25) is 0 Å². The van der Waals surface area contributed by atoms with Gasteiger partial charge in [0.2, 0.25) is 0 Å². The molecule has 0 radical (unpaired) electrons. The van der Waals surface area contributed by atoms with Crippen molar-refractivity contribution in [1.29, 1.82) is 0 Å². The van der Waals surface area contributed by atoms with E-state index in [1.165, 1.54) is 128 Å². The third-order valence-electron chi connectivity index (χ3n) is 12.2. The Labute approximate surface area is 414 Å². The van der Waals surface area contributed by atoms with E-state index in [4.69, 9.17) is 14.2 Å². The van der Waals surface area contributed by atoms with Crippen LogP contribution in [0.15, 0.2) is 72.9 Å². The van der Waals surface area contributed by atoms with Gasteiger partial charge in [0.15, 0.2) is 6.10 Å². The Balaban J connectivity index is 4.40. The zero-order valence-corrected chi connectivity index (χ0v) is 44.2. The Hall–Kier alpha value is -3.15. The van der Waals surface area contributed by atoms with Crippen molar-refractivity contribution in [2.45, 2.75) is 284 Å². The molecule has 6 nitrogen and oxygen atoms in total. The molecule has 0 amide bonds. The number of unbranched alkanes of at least 4 members (excludes halogenated alkanes) is 28. The van der Waals surface area contributed by atoms with Gasteiger partial charge < -0.3 is 14.2 Å². The van der Waals surface area contributed by atoms with E-state index < -0.39 is 6.10 Å². The standard InChI is InChI=1S/C61H106O6/c1-4-7-10-13-16-19-22-25-28-29-30-31-32-33-34-37-39-42-45-48-51-54-60(63)66-57-58(67-61(64)55-52-49-46-43-40-36-27-24-21-18-15-12-9-6-3)56-65-59(62)53-50-47-44-41-38-35-26-23-20-17-14-11-8-5-2/h15,18,22-27,29-30,32-33,58H,4-14,16-17,19-21,28,31,34-57H2,1-3H3/b18-15-,25-22-,26-23-,27-24-,30-29-,33-32-. The molecule has 0 aliphatic carbocycles.